The number of hydrogen-bond acceptors (Lipinski definition) is 3. The summed E-state index contributed by atoms with van der Waals surface area (Å²) in [4.78, 5) is 6.68. The lowest BCUT2D eigenvalue weighted by atomic mass is 10.1. The van der Waals surface area contributed by atoms with Gasteiger partial charge in [0.05, 0.1) is 10.6 Å². The van der Waals surface area contributed by atoms with E-state index in [-0.39, 0.29) is 29.7 Å². The molecule has 2 aromatic carbocycles. The van der Waals surface area contributed by atoms with E-state index < -0.39 is 9.84 Å². The van der Waals surface area contributed by atoms with Crippen LogP contribution in [0, 0.1) is 6.92 Å². The van der Waals surface area contributed by atoms with Gasteiger partial charge < -0.3 is 10.2 Å². The van der Waals surface area contributed by atoms with Gasteiger partial charge in [0.1, 0.15) is 0 Å². The summed E-state index contributed by atoms with van der Waals surface area (Å²) >= 11 is 0. The second-order valence-electron chi connectivity index (χ2n) is 6.30. The van der Waals surface area contributed by atoms with E-state index in [0.717, 1.165) is 12.5 Å². The Hall–Kier alpha value is -1.61. The van der Waals surface area contributed by atoms with Crippen molar-refractivity contribution in [2.24, 2.45) is 4.99 Å². The SMILES string of the molecule is CN=C(NCCCS(=O)(=O)c1ccccc1)N(C)Cc1ccc(C)cc1.I. The van der Waals surface area contributed by atoms with Gasteiger partial charge >= 0.3 is 0 Å². The monoisotopic (exact) mass is 501 g/mol. The molecule has 0 unspecified atom stereocenters. The third-order valence-electron chi connectivity index (χ3n) is 4.09. The predicted molar refractivity (Wildman–Crippen MR) is 123 cm³/mol. The standard InChI is InChI=1S/C20H27N3O2S.HI/c1-17-10-12-18(13-11-17)16-23(3)20(21-2)22-14-7-15-26(24,25)19-8-5-4-6-9-19;/h4-6,8-13H,7,14-16H2,1-3H3,(H,21,22);1H. The van der Waals surface area contributed by atoms with Gasteiger partial charge in [-0.25, -0.2) is 8.42 Å². The second kappa shape index (κ2) is 11.3. The first-order chi connectivity index (χ1) is 12.4. The van der Waals surface area contributed by atoms with Crippen LogP contribution >= 0.6 is 24.0 Å². The molecule has 2 rings (SSSR count). The molecular formula is C20H28IN3O2S. The first-order valence-corrected chi connectivity index (χ1v) is 10.3. The van der Waals surface area contributed by atoms with E-state index in [1.54, 1.807) is 31.3 Å². The number of nitrogens with zero attached hydrogens (tertiary/aromatic N) is 2. The number of hydrogen-bond donors (Lipinski definition) is 1. The van der Waals surface area contributed by atoms with E-state index >= 15 is 0 Å². The molecule has 0 aromatic heterocycles. The minimum atomic E-state index is -3.23. The van der Waals surface area contributed by atoms with Crippen LogP contribution in [0.1, 0.15) is 17.5 Å². The molecule has 0 spiro atoms. The molecule has 0 aliphatic rings. The molecule has 0 aliphatic carbocycles. The number of aliphatic imine (C=N–C) groups is 1. The van der Waals surface area contributed by atoms with Crippen molar-refractivity contribution < 1.29 is 8.42 Å². The second-order valence-corrected chi connectivity index (χ2v) is 8.41. The number of nitrogens with one attached hydrogen (secondary N) is 1. The van der Waals surface area contributed by atoms with Crippen molar-refractivity contribution in [3.8, 4) is 0 Å². The van der Waals surface area contributed by atoms with Crippen LogP contribution < -0.4 is 5.32 Å². The lowest BCUT2D eigenvalue weighted by Gasteiger charge is -2.22. The maximum atomic E-state index is 12.3. The van der Waals surface area contributed by atoms with Crippen molar-refractivity contribution in [1.82, 2.24) is 10.2 Å². The summed E-state index contributed by atoms with van der Waals surface area (Å²) in [5.74, 6) is 0.866. The molecule has 0 radical (unpaired) electrons. The molecule has 2 aromatic rings. The molecule has 0 saturated heterocycles. The van der Waals surface area contributed by atoms with Gasteiger partial charge in [-0.3, -0.25) is 4.99 Å². The van der Waals surface area contributed by atoms with Gasteiger partial charge in [0.25, 0.3) is 0 Å². The van der Waals surface area contributed by atoms with E-state index in [1.807, 2.05) is 18.0 Å². The van der Waals surface area contributed by atoms with Crippen LogP contribution in [0.2, 0.25) is 0 Å². The highest BCUT2D eigenvalue weighted by Gasteiger charge is 2.13. The average Bonchev–Trinajstić information content (AvgIpc) is 2.64. The van der Waals surface area contributed by atoms with Crippen LogP contribution in [-0.4, -0.2) is 45.7 Å². The summed E-state index contributed by atoms with van der Waals surface area (Å²) < 4.78 is 24.6. The van der Waals surface area contributed by atoms with Gasteiger partial charge in [0, 0.05) is 27.2 Å². The highest BCUT2D eigenvalue weighted by atomic mass is 127. The average molecular weight is 501 g/mol. The van der Waals surface area contributed by atoms with Gasteiger partial charge in [-0.2, -0.15) is 0 Å². The van der Waals surface area contributed by atoms with E-state index in [9.17, 15) is 8.42 Å². The number of halogens is 1. The van der Waals surface area contributed by atoms with Gasteiger partial charge in [-0.15, -0.1) is 24.0 Å². The molecule has 0 bridgehead atoms. The van der Waals surface area contributed by atoms with Gasteiger partial charge in [0.2, 0.25) is 0 Å². The fourth-order valence-electron chi connectivity index (χ4n) is 2.64. The van der Waals surface area contributed by atoms with Crippen LogP contribution in [0.4, 0.5) is 0 Å². The largest absolute Gasteiger partial charge is 0.356 e. The summed E-state index contributed by atoms with van der Waals surface area (Å²) in [5, 5.41) is 3.24. The van der Waals surface area contributed by atoms with E-state index in [2.05, 4.69) is 41.5 Å². The van der Waals surface area contributed by atoms with Crippen molar-refractivity contribution >= 4 is 39.8 Å². The highest BCUT2D eigenvalue weighted by molar-refractivity contribution is 14.0. The van der Waals surface area contributed by atoms with Crippen LogP contribution in [0.15, 0.2) is 64.5 Å². The Labute approximate surface area is 179 Å². The molecule has 7 heteroatoms. The minimum absolute atomic E-state index is 0. The third kappa shape index (κ3) is 7.50. The summed E-state index contributed by atoms with van der Waals surface area (Å²) in [6.45, 7) is 3.36. The van der Waals surface area contributed by atoms with E-state index in [1.165, 1.54) is 11.1 Å². The van der Waals surface area contributed by atoms with Crippen molar-refractivity contribution in [1.29, 1.82) is 0 Å². The van der Waals surface area contributed by atoms with Crippen LogP contribution in [0.3, 0.4) is 0 Å². The summed E-state index contributed by atoms with van der Waals surface area (Å²) in [6, 6.07) is 17.0. The Morgan fingerprint density at radius 2 is 1.70 bits per heavy atom. The molecular weight excluding hydrogens is 473 g/mol. The van der Waals surface area contributed by atoms with E-state index in [0.29, 0.717) is 17.9 Å². The molecule has 0 atom stereocenters. The van der Waals surface area contributed by atoms with Crippen LogP contribution in [-0.2, 0) is 16.4 Å². The fourth-order valence-corrected chi connectivity index (χ4v) is 3.97. The Kier molecular flexibility index (Phi) is 9.79. The van der Waals surface area contributed by atoms with Crippen molar-refractivity contribution in [3.05, 3.63) is 65.7 Å². The smallest absolute Gasteiger partial charge is 0.193 e. The number of guanidine groups is 1. The number of aryl methyl sites for hydroxylation is 1. The Bertz CT molecular complexity index is 822. The van der Waals surface area contributed by atoms with Crippen molar-refractivity contribution in [2.75, 3.05) is 26.4 Å². The molecule has 5 nitrogen and oxygen atoms in total. The lowest BCUT2D eigenvalue weighted by Crippen LogP contribution is -2.39. The normalized spacial score (nSPS) is 11.6. The van der Waals surface area contributed by atoms with Gasteiger partial charge in [-0.1, -0.05) is 48.0 Å². The summed E-state index contributed by atoms with van der Waals surface area (Å²) in [6.07, 6.45) is 0.522. The topological polar surface area (TPSA) is 61.8 Å². The predicted octanol–water partition coefficient (Wildman–Crippen LogP) is 3.48. The first-order valence-electron chi connectivity index (χ1n) is 8.67. The number of rotatable bonds is 7. The Morgan fingerprint density at radius 3 is 2.30 bits per heavy atom. The number of benzene rings is 2. The first kappa shape index (κ1) is 23.4. The minimum Gasteiger partial charge on any atom is -0.356 e. The lowest BCUT2D eigenvalue weighted by molar-refractivity contribution is 0.476. The number of sulfone groups is 1. The molecule has 0 heterocycles. The van der Waals surface area contributed by atoms with E-state index in [4.69, 9.17) is 0 Å². The molecule has 0 aliphatic heterocycles. The molecule has 0 amide bonds. The summed E-state index contributed by atoms with van der Waals surface area (Å²) in [5.41, 5.74) is 2.44. The maximum absolute atomic E-state index is 12.3. The molecule has 0 saturated carbocycles. The molecule has 27 heavy (non-hydrogen) atoms. The quantitative estimate of drug-likeness (QED) is 0.273. The Balaban J connectivity index is 0.00000364. The van der Waals surface area contributed by atoms with Crippen molar-refractivity contribution in [2.45, 2.75) is 24.8 Å². The zero-order valence-corrected chi connectivity index (χ0v) is 19.2. The van der Waals surface area contributed by atoms with Crippen LogP contribution in [0.5, 0.6) is 0 Å². The highest BCUT2D eigenvalue weighted by Crippen LogP contribution is 2.11. The zero-order valence-electron chi connectivity index (χ0n) is 16.1. The Morgan fingerprint density at radius 1 is 1.07 bits per heavy atom. The maximum Gasteiger partial charge on any atom is 0.193 e. The molecule has 0 fully saturated rings. The fraction of sp³-hybridized carbons (Fsp3) is 0.350. The van der Waals surface area contributed by atoms with Gasteiger partial charge in [-0.05, 0) is 31.0 Å². The molecule has 148 valence electrons. The van der Waals surface area contributed by atoms with Crippen LogP contribution in [0.25, 0.3) is 0 Å². The third-order valence-corrected chi connectivity index (χ3v) is 5.91. The van der Waals surface area contributed by atoms with Gasteiger partial charge in [0.15, 0.2) is 15.8 Å². The molecule has 1 N–H and O–H groups in total. The summed E-state index contributed by atoms with van der Waals surface area (Å²) in [7, 11) is 0.468. The van der Waals surface area contributed by atoms with Crippen molar-refractivity contribution in [3.63, 3.8) is 0 Å². The zero-order chi connectivity index (χ0) is 19.0.